The van der Waals surface area contributed by atoms with Crippen LogP contribution in [0.15, 0.2) is 0 Å². The van der Waals surface area contributed by atoms with Gasteiger partial charge in [0, 0.05) is 25.0 Å². The molecule has 0 saturated heterocycles. The first-order valence-corrected chi connectivity index (χ1v) is 5.63. The van der Waals surface area contributed by atoms with Gasteiger partial charge in [-0.15, -0.1) is 0 Å². The molecule has 0 fully saturated rings. The Morgan fingerprint density at radius 2 is 1.75 bits per heavy atom. The minimum Gasteiger partial charge on any atom is -0.355 e. The van der Waals surface area contributed by atoms with Gasteiger partial charge in [-0.05, 0) is 27.7 Å². The van der Waals surface area contributed by atoms with Crippen LogP contribution in [0.4, 0.5) is 0 Å². The van der Waals surface area contributed by atoms with E-state index >= 15 is 0 Å². The Hall–Kier alpha value is -1.10. The average Bonchev–Trinajstić information content (AvgIpc) is 2.10. The maximum atomic E-state index is 11.4. The summed E-state index contributed by atoms with van der Waals surface area (Å²) >= 11 is 0. The van der Waals surface area contributed by atoms with Crippen molar-refractivity contribution < 1.29 is 9.59 Å². The maximum Gasteiger partial charge on any atom is 0.233 e. The van der Waals surface area contributed by atoms with E-state index in [1.165, 1.54) is 0 Å². The summed E-state index contributed by atoms with van der Waals surface area (Å²) in [6, 6.07) is 0. The second kappa shape index (κ2) is 7.22. The van der Waals surface area contributed by atoms with Gasteiger partial charge in [0.25, 0.3) is 0 Å². The summed E-state index contributed by atoms with van der Waals surface area (Å²) in [5.74, 6) is -0.0466. The molecule has 0 saturated carbocycles. The van der Waals surface area contributed by atoms with Crippen molar-refractivity contribution in [2.75, 3.05) is 19.6 Å². The smallest absolute Gasteiger partial charge is 0.233 e. The summed E-state index contributed by atoms with van der Waals surface area (Å²) < 4.78 is 0. The second-order valence-corrected chi connectivity index (χ2v) is 4.68. The van der Waals surface area contributed by atoms with Gasteiger partial charge in [-0.1, -0.05) is 0 Å². The van der Waals surface area contributed by atoms with Crippen molar-refractivity contribution in [1.29, 1.82) is 0 Å². The fraction of sp³-hybridized carbons (Fsp3) is 0.818. The van der Waals surface area contributed by atoms with Crippen molar-refractivity contribution in [3.63, 3.8) is 0 Å². The summed E-state index contributed by atoms with van der Waals surface area (Å²) in [5, 5.41) is 8.44. The molecule has 0 spiro atoms. The van der Waals surface area contributed by atoms with E-state index in [4.69, 9.17) is 0 Å². The highest BCUT2D eigenvalue weighted by molar-refractivity contribution is 5.78. The lowest BCUT2D eigenvalue weighted by atomic mass is 10.1. The lowest BCUT2D eigenvalue weighted by Gasteiger charge is -2.20. The zero-order valence-electron chi connectivity index (χ0n) is 10.6. The summed E-state index contributed by atoms with van der Waals surface area (Å²) in [5.41, 5.74) is -0.198. The van der Waals surface area contributed by atoms with Crippen LogP contribution in [0, 0.1) is 0 Å². The van der Waals surface area contributed by atoms with E-state index in [0.29, 0.717) is 19.5 Å². The van der Waals surface area contributed by atoms with Gasteiger partial charge in [-0.3, -0.25) is 9.59 Å². The molecule has 5 heteroatoms. The first kappa shape index (κ1) is 14.9. The Balaban J connectivity index is 3.52. The molecule has 16 heavy (non-hydrogen) atoms. The number of hydrogen-bond acceptors (Lipinski definition) is 3. The highest BCUT2D eigenvalue weighted by Gasteiger charge is 2.12. The van der Waals surface area contributed by atoms with Crippen LogP contribution in [-0.2, 0) is 9.59 Å². The predicted molar refractivity (Wildman–Crippen MR) is 64.1 cm³/mol. The molecule has 0 heterocycles. The molecule has 0 aromatic rings. The van der Waals surface area contributed by atoms with Gasteiger partial charge in [0.15, 0.2) is 0 Å². The highest BCUT2D eigenvalue weighted by Crippen LogP contribution is 1.98. The molecule has 0 rings (SSSR count). The van der Waals surface area contributed by atoms with Crippen LogP contribution in [-0.4, -0.2) is 37.0 Å². The van der Waals surface area contributed by atoms with E-state index in [1.54, 1.807) is 0 Å². The number of hydrogen-bond donors (Lipinski definition) is 3. The van der Waals surface area contributed by atoms with Gasteiger partial charge >= 0.3 is 0 Å². The van der Waals surface area contributed by atoms with Gasteiger partial charge in [0.1, 0.15) is 0 Å². The van der Waals surface area contributed by atoms with Crippen molar-refractivity contribution in [2.24, 2.45) is 0 Å². The van der Waals surface area contributed by atoms with E-state index in [0.717, 1.165) is 0 Å². The summed E-state index contributed by atoms with van der Waals surface area (Å²) in [7, 11) is 0. The fourth-order valence-corrected chi connectivity index (χ4v) is 1.14. The molecule has 94 valence electrons. The Morgan fingerprint density at radius 1 is 1.12 bits per heavy atom. The van der Waals surface area contributed by atoms with Gasteiger partial charge in [0.2, 0.25) is 11.8 Å². The fourth-order valence-electron chi connectivity index (χ4n) is 1.14. The minimum absolute atomic E-state index is 0.00380. The predicted octanol–water partition coefficient (Wildman–Crippen LogP) is 0.0169. The van der Waals surface area contributed by atoms with E-state index in [1.807, 2.05) is 27.7 Å². The Labute approximate surface area is 97.4 Å². The largest absolute Gasteiger partial charge is 0.355 e. The van der Waals surface area contributed by atoms with Crippen molar-refractivity contribution in [1.82, 2.24) is 16.0 Å². The maximum absolute atomic E-state index is 11.4. The number of likely N-dealkylation sites (N-methyl/N-ethyl adjacent to an activating group) is 1. The molecule has 0 radical (unpaired) electrons. The zero-order chi connectivity index (χ0) is 12.6. The van der Waals surface area contributed by atoms with Crippen LogP contribution in [0.2, 0.25) is 0 Å². The number of amides is 2. The van der Waals surface area contributed by atoms with Gasteiger partial charge in [0.05, 0.1) is 6.54 Å². The molecular formula is C11H23N3O2. The molecular weight excluding hydrogens is 206 g/mol. The van der Waals surface area contributed by atoms with Crippen LogP contribution in [0.3, 0.4) is 0 Å². The minimum atomic E-state index is -0.198. The monoisotopic (exact) mass is 229 g/mol. The van der Waals surface area contributed by atoms with Crippen molar-refractivity contribution in [3.05, 3.63) is 0 Å². The third kappa shape index (κ3) is 9.45. The van der Waals surface area contributed by atoms with Crippen LogP contribution in [0.25, 0.3) is 0 Å². The quantitative estimate of drug-likeness (QED) is 0.562. The van der Waals surface area contributed by atoms with Crippen LogP contribution < -0.4 is 16.0 Å². The summed E-state index contributed by atoms with van der Waals surface area (Å²) in [6.45, 7) is 9.09. The molecule has 3 N–H and O–H groups in total. The SMILES string of the molecule is CCNC(=O)CNCCC(=O)NC(C)(C)C. The van der Waals surface area contributed by atoms with Gasteiger partial charge < -0.3 is 16.0 Å². The van der Waals surface area contributed by atoms with Crippen molar-refractivity contribution >= 4 is 11.8 Å². The third-order valence-electron chi connectivity index (χ3n) is 1.70. The summed E-state index contributed by atoms with van der Waals surface area (Å²) in [4.78, 5) is 22.4. The lowest BCUT2D eigenvalue weighted by molar-refractivity contribution is -0.123. The number of nitrogens with one attached hydrogen (secondary N) is 3. The van der Waals surface area contributed by atoms with Crippen LogP contribution in [0.5, 0.6) is 0 Å². The Morgan fingerprint density at radius 3 is 2.25 bits per heavy atom. The van der Waals surface area contributed by atoms with Crippen LogP contribution >= 0.6 is 0 Å². The molecule has 2 amide bonds. The second-order valence-electron chi connectivity index (χ2n) is 4.68. The van der Waals surface area contributed by atoms with Gasteiger partial charge in [-0.25, -0.2) is 0 Å². The normalized spacial score (nSPS) is 11.0. The highest BCUT2D eigenvalue weighted by atomic mass is 16.2. The molecule has 0 aliphatic rings. The van der Waals surface area contributed by atoms with E-state index in [2.05, 4.69) is 16.0 Å². The molecule has 0 aromatic heterocycles. The van der Waals surface area contributed by atoms with Crippen LogP contribution in [0.1, 0.15) is 34.1 Å². The standard InChI is InChI=1S/C11H23N3O2/c1-5-13-10(16)8-12-7-6-9(15)14-11(2,3)4/h12H,5-8H2,1-4H3,(H,13,16)(H,14,15). The number of rotatable bonds is 6. The Bertz CT molecular complexity index is 234. The van der Waals surface area contributed by atoms with E-state index in [9.17, 15) is 9.59 Å². The molecule has 0 unspecified atom stereocenters. The lowest BCUT2D eigenvalue weighted by Crippen LogP contribution is -2.42. The molecule has 5 nitrogen and oxygen atoms in total. The average molecular weight is 229 g/mol. The van der Waals surface area contributed by atoms with Gasteiger partial charge in [-0.2, -0.15) is 0 Å². The van der Waals surface area contributed by atoms with Crippen molar-refractivity contribution in [3.8, 4) is 0 Å². The molecule has 0 aliphatic heterocycles. The topological polar surface area (TPSA) is 70.2 Å². The third-order valence-corrected chi connectivity index (χ3v) is 1.70. The van der Waals surface area contributed by atoms with E-state index < -0.39 is 0 Å². The van der Waals surface area contributed by atoms with Crippen molar-refractivity contribution in [2.45, 2.75) is 39.7 Å². The molecule has 0 aliphatic carbocycles. The zero-order valence-corrected chi connectivity index (χ0v) is 10.6. The number of carbonyl (C=O) groups excluding carboxylic acids is 2. The molecule has 0 atom stereocenters. The molecule has 0 aromatic carbocycles. The first-order chi connectivity index (χ1) is 7.35. The first-order valence-electron chi connectivity index (χ1n) is 5.63. The Kier molecular flexibility index (Phi) is 6.72. The number of carbonyl (C=O) groups is 2. The molecule has 0 bridgehead atoms. The van der Waals surface area contributed by atoms with E-state index in [-0.39, 0.29) is 23.9 Å². The summed E-state index contributed by atoms with van der Waals surface area (Å²) in [6.07, 6.45) is 0.386.